The molecule has 21 heavy (non-hydrogen) atoms. The number of nitrogens with two attached hydrogens (primary N) is 1. The number of hydrogen-bond acceptors (Lipinski definition) is 4. The standard InChI is InChI=1S/C15H23N3O3/c1-8(2)14(16)15(21)17-7-13(20)18-11-5-10(4)12(19)6-9(11)3/h5-6,8,14,19H,7,16H2,1-4H3,(H,17,21)(H,18,20)/t14-/m0/s1. The average Bonchev–Trinajstić information content (AvgIpc) is 2.41. The molecule has 0 aromatic heterocycles. The van der Waals surface area contributed by atoms with Crippen molar-refractivity contribution in [1.29, 1.82) is 0 Å². The largest absolute Gasteiger partial charge is 0.508 e. The third-order valence-corrected chi connectivity index (χ3v) is 3.26. The molecule has 0 fully saturated rings. The molecule has 1 aromatic carbocycles. The van der Waals surface area contributed by atoms with Gasteiger partial charge >= 0.3 is 0 Å². The predicted octanol–water partition coefficient (Wildman–Crippen LogP) is 1.05. The SMILES string of the molecule is Cc1cc(NC(=O)CNC(=O)[C@@H](N)C(C)C)c(C)cc1O. The highest BCUT2D eigenvalue weighted by atomic mass is 16.3. The second-order valence-corrected chi connectivity index (χ2v) is 5.49. The van der Waals surface area contributed by atoms with E-state index in [-0.39, 0.29) is 30.0 Å². The van der Waals surface area contributed by atoms with E-state index in [9.17, 15) is 14.7 Å². The molecular weight excluding hydrogens is 270 g/mol. The van der Waals surface area contributed by atoms with Gasteiger partial charge in [-0.3, -0.25) is 9.59 Å². The van der Waals surface area contributed by atoms with E-state index in [0.717, 1.165) is 5.56 Å². The monoisotopic (exact) mass is 293 g/mol. The van der Waals surface area contributed by atoms with E-state index in [1.807, 2.05) is 13.8 Å². The summed E-state index contributed by atoms with van der Waals surface area (Å²) in [5.74, 6) is -0.497. The number of rotatable bonds is 5. The van der Waals surface area contributed by atoms with Gasteiger partial charge in [0.05, 0.1) is 12.6 Å². The van der Waals surface area contributed by atoms with Gasteiger partial charge in [-0.05, 0) is 43.0 Å². The molecule has 5 N–H and O–H groups in total. The fraction of sp³-hybridized carbons (Fsp3) is 0.467. The first-order valence-electron chi connectivity index (χ1n) is 6.85. The first-order valence-corrected chi connectivity index (χ1v) is 6.85. The summed E-state index contributed by atoms with van der Waals surface area (Å²) < 4.78 is 0. The van der Waals surface area contributed by atoms with Gasteiger partial charge in [0.25, 0.3) is 0 Å². The van der Waals surface area contributed by atoms with Gasteiger partial charge in [0, 0.05) is 5.69 Å². The van der Waals surface area contributed by atoms with E-state index in [1.165, 1.54) is 0 Å². The molecule has 6 heteroatoms. The van der Waals surface area contributed by atoms with Crippen LogP contribution in [0.25, 0.3) is 0 Å². The molecule has 6 nitrogen and oxygen atoms in total. The average molecular weight is 293 g/mol. The molecule has 1 aromatic rings. The lowest BCUT2D eigenvalue weighted by atomic mass is 10.1. The number of carbonyl (C=O) groups excluding carboxylic acids is 2. The number of hydrogen-bond donors (Lipinski definition) is 4. The Labute approximate surface area is 124 Å². The smallest absolute Gasteiger partial charge is 0.243 e. The van der Waals surface area contributed by atoms with Gasteiger partial charge in [-0.15, -0.1) is 0 Å². The summed E-state index contributed by atoms with van der Waals surface area (Å²) in [4.78, 5) is 23.5. The molecule has 116 valence electrons. The Morgan fingerprint density at radius 2 is 1.86 bits per heavy atom. The molecule has 0 saturated heterocycles. The van der Waals surface area contributed by atoms with Crippen molar-refractivity contribution in [2.24, 2.45) is 11.7 Å². The van der Waals surface area contributed by atoms with Crippen LogP contribution < -0.4 is 16.4 Å². The zero-order valence-corrected chi connectivity index (χ0v) is 12.9. The normalized spacial score (nSPS) is 12.1. The van der Waals surface area contributed by atoms with Crippen molar-refractivity contribution in [2.45, 2.75) is 33.7 Å². The van der Waals surface area contributed by atoms with Crippen molar-refractivity contribution in [2.75, 3.05) is 11.9 Å². The Kier molecular flexibility index (Phi) is 5.72. The summed E-state index contributed by atoms with van der Waals surface area (Å²) in [6.07, 6.45) is 0. The molecule has 0 heterocycles. The Balaban J connectivity index is 2.59. The number of aryl methyl sites for hydroxylation is 2. The van der Waals surface area contributed by atoms with Crippen molar-refractivity contribution in [1.82, 2.24) is 5.32 Å². The number of nitrogens with one attached hydrogen (secondary N) is 2. The molecule has 0 aliphatic rings. The molecule has 0 saturated carbocycles. The van der Waals surface area contributed by atoms with Crippen LogP contribution >= 0.6 is 0 Å². The fourth-order valence-electron chi connectivity index (χ4n) is 1.72. The van der Waals surface area contributed by atoms with Crippen LogP contribution in [0.5, 0.6) is 5.75 Å². The van der Waals surface area contributed by atoms with Crippen LogP contribution in [-0.2, 0) is 9.59 Å². The first-order chi connectivity index (χ1) is 9.72. The zero-order chi connectivity index (χ0) is 16.2. The van der Waals surface area contributed by atoms with Crippen LogP contribution in [0.4, 0.5) is 5.69 Å². The Morgan fingerprint density at radius 1 is 1.24 bits per heavy atom. The molecule has 1 atom stereocenters. The summed E-state index contributed by atoms with van der Waals surface area (Å²) in [7, 11) is 0. The maximum atomic E-state index is 11.8. The highest BCUT2D eigenvalue weighted by molar-refractivity contribution is 5.96. The lowest BCUT2D eigenvalue weighted by Crippen LogP contribution is -2.46. The van der Waals surface area contributed by atoms with Crippen molar-refractivity contribution < 1.29 is 14.7 Å². The Morgan fingerprint density at radius 3 is 2.43 bits per heavy atom. The number of phenols is 1. The molecule has 1 rings (SSSR count). The second-order valence-electron chi connectivity index (χ2n) is 5.49. The van der Waals surface area contributed by atoms with E-state index in [1.54, 1.807) is 26.0 Å². The number of phenolic OH excluding ortho intramolecular Hbond substituents is 1. The predicted molar refractivity (Wildman–Crippen MR) is 82.0 cm³/mol. The zero-order valence-electron chi connectivity index (χ0n) is 12.9. The highest BCUT2D eigenvalue weighted by Gasteiger charge is 2.17. The minimum Gasteiger partial charge on any atom is -0.508 e. The van der Waals surface area contributed by atoms with Gasteiger partial charge < -0.3 is 21.5 Å². The van der Waals surface area contributed by atoms with E-state index >= 15 is 0 Å². The van der Waals surface area contributed by atoms with Gasteiger partial charge in [-0.25, -0.2) is 0 Å². The van der Waals surface area contributed by atoms with Crippen molar-refractivity contribution in [3.8, 4) is 5.75 Å². The summed E-state index contributed by atoms with van der Waals surface area (Å²) >= 11 is 0. The van der Waals surface area contributed by atoms with Crippen LogP contribution in [0.15, 0.2) is 12.1 Å². The number of anilines is 1. The fourth-order valence-corrected chi connectivity index (χ4v) is 1.72. The quantitative estimate of drug-likeness (QED) is 0.609. The molecule has 2 amide bonds. The molecule has 0 bridgehead atoms. The lowest BCUT2D eigenvalue weighted by molar-refractivity contribution is -0.125. The summed E-state index contributed by atoms with van der Waals surface area (Å²) in [6.45, 7) is 7.06. The van der Waals surface area contributed by atoms with Crippen LogP contribution in [0, 0.1) is 19.8 Å². The van der Waals surface area contributed by atoms with Gasteiger partial charge in [0.2, 0.25) is 11.8 Å². The number of aromatic hydroxyl groups is 1. The van der Waals surface area contributed by atoms with Gasteiger partial charge in [-0.2, -0.15) is 0 Å². The summed E-state index contributed by atoms with van der Waals surface area (Å²) in [6, 6.07) is 2.64. The molecule has 0 spiro atoms. The van der Waals surface area contributed by atoms with Crippen LogP contribution in [0.2, 0.25) is 0 Å². The van der Waals surface area contributed by atoms with Crippen molar-refractivity contribution in [3.05, 3.63) is 23.3 Å². The van der Waals surface area contributed by atoms with Crippen LogP contribution in [-0.4, -0.2) is 29.5 Å². The van der Waals surface area contributed by atoms with E-state index < -0.39 is 6.04 Å². The van der Waals surface area contributed by atoms with Crippen LogP contribution in [0.3, 0.4) is 0 Å². The van der Waals surface area contributed by atoms with Crippen molar-refractivity contribution >= 4 is 17.5 Å². The van der Waals surface area contributed by atoms with E-state index in [4.69, 9.17) is 5.73 Å². The molecule has 0 radical (unpaired) electrons. The van der Waals surface area contributed by atoms with Gasteiger partial charge in [-0.1, -0.05) is 13.8 Å². The molecule has 0 aliphatic carbocycles. The molecular formula is C15H23N3O3. The van der Waals surface area contributed by atoms with Crippen molar-refractivity contribution in [3.63, 3.8) is 0 Å². The third-order valence-electron chi connectivity index (χ3n) is 3.26. The Hall–Kier alpha value is -2.08. The second kappa shape index (κ2) is 7.08. The van der Waals surface area contributed by atoms with Crippen LogP contribution in [0.1, 0.15) is 25.0 Å². The minimum atomic E-state index is -0.629. The third kappa shape index (κ3) is 4.75. The first kappa shape index (κ1) is 17.0. The summed E-state index contributed by atoms with van der Waals surface area (Å²) in [5, 5.41) is 14.8. The number of carbonyl (C=O) groups is 2. The topological polar surface area (TPSA) is 104 Å². The lowest BCUT2D eigenvalue weighted by Gasteiger charge is -2.15. The molecule has 0 unspecified atom stereocenters. The van der Waals surface area contributed by atoms with E-state index in [2.05, 4.69) is 10.6 Å². The number of benzene rings is 1. The number of amides is 2. The highest BCUT2D eigenvalue weighted by Crippen LogP contribution is 2.24. The minimum absolute atomic E-state index is 0.00931. The molecule has 0 aliphatic heterocycles. The van der Waals surface area contributed by atoms with Gasteiger partial charge in [0.15, 0.2) is 0 Å². The Bertz CT molecular complexity index is 541. The maximum absolute atomic E-state index is 11.8. The summed E-state index contributed by atoms with van der Waals surface area (Å²) in [5.41, 5.74) is 7.71. The maximum Gasteiger partial charge on any atom is 0.243 e. The van der Waals surface area contributed by atoms with Gasteiger partial charge in [0.1, 0.15) is 5.75 Å². The van der Waals surface area contributed by atoms with E-state index in [0.29, 0.717) is 11.3 Å².